The van der Waals surface area contributed by atoms with E-state index in [9.17, 15) is 0 Å². The van der Waals surface area contributed by atoms with Crippen molar-refractivity contribution in [3.05, 3.63) is 95.2 Å². The first kappa shape index (κ1) is 17.9. The van der Waals surface area contributed by atoms with E-state index in [0.29, 0.717) is 11.8 Å². The number of rotatable bonds is 1. The second kappa shape index (κ2) is 8.01. The standard InChI is InChI=1S/C13H18Si.C11H12/c1-10-6-4-5-7-12-11(10)8-9-13(12)14(2)3;1-9-5-2-3-6-10-7-4-8-11(9)10/h4-10,13-14H,1-3H3;2-6,8-9H,7H2,1H3. The molecule has 25 heavy (non-hydrogen) atoms. The third-order valence-electron chi connectivity index (χ3n) is 5.48. The molecule has 0 aromatic carbocycles. The van der Waals surface area contributed by atoms with E-state index in [1.54, 1.807) is 11.1 Å². The van der Waals surface area contributed by atoms with Gasteiger partial charge in [-0.2, -0.15) is 0 Å². The molecule has 0 heterocycles. The summed E-state index contributed by atoms with van der Waals surface area (Å²) in [6.07, 6.45) is 28.1. The van der Waals surface area contributed by atoms with Crippen molar-refractivity contribution in [1.29, 1.82) is 0 Å². The molecule has 0 aromatic rings. The van der Waals surface area contributed by atoms with Crippen LogP contribution in [0.15, 0.2) is 95.2 Å². The minimum absolute atomic E-state index is 0.588. The van der Waals surface area contributed by atoms with Gasteiger partial charge in [-0.1, -0.05) is 99.9 Å². The van der Waals surface area contributed by atoms with Crippen molar-refractivity contribution in [3.8, 4) is 0 Å². The highest BCUT2D eigenvalue weighted by atomic mass is 28.3. The second-order valence-electron chi connectivity index (χ2n) is 7.69. The molecule has 0 aliphatic heterocycles. The van der Waals surface area contributed by atoms with E-state index < -0.39 is 8.80 Å². The van der Waals surface area contributed by atoms with Crippen molar-refractivity contribution >= 4 is 8.80 Å². The Balaban J connectivity index is 0.000000150. The van der Waals surface area contributed by atoms with Gasteiger partial charge >= 0.3 is 0 Å². The van der Waals surface area contributed by atoms with Gasteiger partial charge in [-0.25, -0.2) is 0 Å². The molecule has 0 bridgehead atoms. The molecule has 4 aliphatic rings. The minimum Gasteiger partial charge on any atom is -0.0798 e. The van der Waals surface area contributed by atoms with Crippen molar-refractivity contribution < 1.29 is 0 Å². The van der Waals surface area contributed by atoms with Gasteiger partial charge in [0.05, 0.1) is 0 Å². The molecule has 0 amide bonds. The zero-order chi connectivity index (χ0) is 17.8. The Morgan fingerprint density at radius 1 is 0.720 bits per heavy atom. The van der Waals surface area contributed by atoms with Gasteiger partial charge in [0.1, 0.15) is 0 Å². The molecular formula is C24H30Si. The fraction of sp³-hybridized carbons (Fsp3) is 0.333. The quantitative estimate of drug-likeness (QED) is 0.477. The highest BCUT2D eigenvalue weighted by molar-refractivity contribution is 6.59. The predicted octanol–water partition coefficient (Wildman–Crippen LogP) is 6.48. The van der Waals surface area contributed by atoms with Gasteiger partial charge in [0.15, 0.2) is 0 Å². The average molecular weight is 347 g/mol. The lowest BCUT2D eigenvalue weighted by Crippen LogP contribution is -2.10. The third-order valence-corrected chi connectivity index (χ3v) is 7.49. The van der Waals surface area contributed by atoms with E-state index >= 15 is 0 Å². The molecule has 0 nitrogen and oxygen atoms in total. The summed E-state index contributed by atoms with van der Waals surface area (Å²) >= 11 is 0. The maximum atomic E-state index is 2.43. The lowest BCUT2D eigenvalue weighted by Gasteiger charge is -2.15. The molecule has 0 aromatic heterocycles. The Morgan fingerprint density at radius 2 is 1.40 bits per heavy atom. The SMILES string of the molecule is CC1C=CC=CC2=C1C=CC2.CC1C=CC=CC2=C1C=CC2[SiH](C)C. The van der Waals surface area contributed by atoms with Crippen LogP contribution < -0.4 is 0 Å². The fourth-order valence-corrected chi connectivity index (χ4v) is 5.53. The first-order chi connectivity index (χ1) is 12.1. The van der Waals surface area contributed by atoms with Crippen LogP contribution in [-0.4, -0.2) is 8.80 Å². The van der Waals surface area contributed by atoms with Gasteiger partial charge in [0.25, 0.3) is 0 Å². The summed E-state index contributed by atoms with van der Waals surface area (Å²) < 4.78 is 0. The van der Waals surface area contributed by atoms with Crippen molar-refractivity contribution in [2.45, 2.75) is 38.9 Å². The Kier molecular flexibility index (Phi) is 5.75. The van der Waals surface area contributed by atoms with Crippen LogP contribution in [0.4, 0.5) is 0 Å². The van der Waals surface area contributed by atoms with E-state index in [-0.39, 0.29) is 0 Å². The molecule has 3 unspecified atom stereocenters. The zero-order valence-electron chi connectivity index (χ0n) is 15.9. The number of hydrogen-bond acceptors (Lipinski definition) is 0. The smallest absolute Gasteiger partial charge is 0.0436 e. The van der Waals surface area contributed by atoms with Crippen LogP contribution in [0.2, 0.25) is 18.6 Å². The molecule has 0 saturated carbocycles. The monoisotopic (exact) mass is 346 g/mol. The van der Waals surface area contributed by atoms with Crippen molar-refractivity contribution in [2.75, 3.05) is 0 Å². The maximum Gasteiger partial charge on any atom is 0.0436 e. The second-order valence-corrected chi connectivity index (χ2v) is 10.9. The summed E-state index contributed by atoms with van der Waals surface area (Å²) in [4.78, 5) is 0. The summed E-state index contributed by atoms with van der Waals surface area (Å²) in [5, 5.41) is 0. The van der Waals surface area contributed by atoms with Crippen LogP contribution in [0.25, 0.3) is 0 Å². The van der Waals surface area contributed by atoms with Gasteiger partial charge in [-0.05, 0) is 46.1 Å². The summed E-state index contributed by atoms with van der Waals surface area (Å²) in [6.45, 7) is 9.39. The molecule has 130 valence electrons. The Hall–Kier alpha value is -1.86. The van der Waals surface area contributed by atoms with Crippen molar-refractivity contribution in [2.24, 2.45) is 11.8 Å². The van der Waals surface area contributed by atoms with Crippen LogP contribution in [0.5, 0.6) is 0 Å². The van der Waals surface area contributed by atoms with Crippen LogP contribution in [0, 0.1) is 11.8 Å². The highest BCUT2D eigenvalue weighted by Gasteiger charge is 2.24. The molecule has 0 saturated heterocycles. The number of allylic oxidation sites excluding steroid dienone is 16. The van der Waals surface area contributed by atoms with Crippen molar-refractivity contribution in [3.63, 3.8) is 0 Å². The molecule has 0 spiro atoms. The lowest BCUT2D eigenvalue weighted by molar-refractivity contribution is 0.887. The molecule has 1 heteroatoms. The van der Waals surface area contributed by atoms with Gasteiger partial charge < -0.3 is 0 Å². The van der Waals surface area contributed by atoms with Gasteiger partial charge in [0, 0.05) is 8.80 Å². The van der Waals surface area contributed by atoms with E-state index in [1.165, 1.54) is 11.1 Å². The molecular weight excluding hydrogens is 316 g/mol. The molecule has 0 fully saturated rings. The zero-order valence-corrected chi connectivity index (χ0v) is 17.1. The Morgan fingerprint density at radius 3 is 2.12 bits per heavy atom. The molecule has 0 radical (unpaired) electrons. The largest absolute Gasteiger partial charge is 0.0798 e. The van der Waals surface area contributed by atoms with Crippen LogP contribution in [-0.2, 0) is 0 Å². The van der Waals surface area contributed by atoms with Crippen molar-refractivity contribution in [1.82, 2.24) is 0 Å². The molecule has 4 rings (SSSR count). The van der Waals surface area contributed by atoms with Gasteiger partial charge in [-0.15, -0.1) is 0 Å². The molecule has 4 aliphatic carbocycles. The van der Waals surface area contributed by atoms with Crippen LogP contribution >= 0.6 is 0 Å². The number of hydrogen-bond donors (Lipinski definition) is 0. The molecule has 0 N–H and O–H groups in total. The van der Waals surface area contributed by atoms with Crippen LogP contribution in [0.1, 0.15) is 20.3 Å². The van der Waals surface area contributed by atoms with Gasteiger partial charge in [-0.3, -0.25) is 0 Å². The molecule has 3 atom stereocenters. The highest BCUT2D eigenvalue weighted by Crippen LogP contribution is 2.38. The van der Waals surface area contributed by atoms with E-state index in [2.05, 4.69) is 99.9 Å². The summed E-state index contributed by atoms with van der Waals surface area (Å²) in [7, 11) is -0.588. The minimum atomic E-state index is -0.588. The predicted molar refractivity (Wildman–Crippen MR) is 114 cm³/mol. The lowest BCUT2D eigenvalue weighted by atomic mass is 9.99. The normalized spacial score (nSPS) is 28.9. The van der Waals surface area contributed by atoms with Gasteiger partial charge in [0.2, 0.25) is 0 Å². The third kappa shape index (κ3) is 4.04. The summed E-state index contributed by atoms with van der Waals surface area (Å²) in [6, 6.07) is 0. The van der Waals surface area contributed by atoms with E-state index in [1.807, 2.05) is 0 Å². The topological polar surface area (TPSA) is 0 Å². The van der Waals surface area contributed by atoms with Crippen LogP contribution in [0.3, 0.4) is 0 Å². The maximum absolute atomic E-state index is 2.43. The summed E-state index contributed by atoms with van der Waals surface area (Å²) in [5.41, 5.74) is 6.88. The van der Waals surface area contributed by atoms with E-state index in [4.69, 9.17) is 0 Å². The Labute approximate surface area is 155 Å². The first-order valence-corrected chi connectivity index (χ1v) is 12.6. The fourth-order valence-electron chi connectivity index (χ4n) is 3.95. The Bertz CT molecular complexity index is 747. The summed E-state index contributed by atoms with van der Waals surface area (Å²) in [5.74, 6) is 1.19. The average Bonchev–Trinajstić information content (AvgIpc) is 3.15. The first-order valence-electron chi connectivity index (χ1n) is 9.59. The van der Waals surface area contributed by atoms with E-state index in [0.717, 1.165) is 12.0 Å².